The van der Waals surface area contributed by atoms with Crippen molar-refractivity contribution in [1.82, 2.24) is 10.2 Å². The largest absolute Gasteiger partial charge is 0.340 e. The van der Waals surface area contributed by atoms with E-state index in [0.29, 0.717) is 11.8 Å². The average Bonchev–Trinajstić information content (AvgIpc) is 2.82. The Kier molecular flexibility index (Phi) is 5.40. The standard InChI is InChI=1S/C18H28N2O/c1-5-15-10-18(21)20(11-15)12-17(19-6-2)16-8-7-13(3)14(4)9-16/h7-9,15,17,19H,5-6,10-12H2,1-4H3. The highest BCUT2D eigenvalue weighted by atomic mass is 16.2. The molecule has 1 aliphatic rings. The van der Waals surface area contributed by atoms with Crippen molar-refractivity contribution in [3.8, 4) is 0 Å². The zero-order valence-corrected chi connectivity index (χ0v) is 13.8. The lowest BCUT2D eigenvalue weighted by Crippen LogP contribution is -2.36. The highest BCUT2D eigenvalue weighted by Crippen LogP contribution is 2.24. The SMILES string of the molecule is CCNC(CN1CC(CC)CC1=O)c1ccc(C)c(C)c1. The average molecular weight is 288 g/mol. The molecule has 0 spiro atoms. The summed E-state index contributed by atoms with van der Waals surface area (Å²) in [5.74, 6) is 0.855. The summed E-state index contributed by atoms with van der Waals surface area (Å²) in [6.07, 6.45) is 1.82. The Labute approximate surface area is 128 Å². The number of nitrogens with zero attached hydrogens (tertiary/aromatic N) is 1. The second-order valence-electron chi connectivity index (χ2n) is 6.23. The highest BCUT2D eigenvalue weighted by Gasteiger charge is 2.30. The normalized spacial score (nSPS) is 20.1. The number of likely N-dealkylation sites (N-methyl/N-ethyl adjacent to an activating group) is 1. The molecule has 0 bridgehead atoms. The topological polar surface area (TPSA) is 32.3 Å². The van der Waals surface area contributed by atoms with Crippen LogP contribution in [0.3, 0.4) is 0 Å². The molecule has 0 saturated carbocycles. The Morgan fingerprint density at radius 3 is 2.62 bits per heavy atom. The van der Waals surface area contributed by atoms with Crippen LogP contribution in [0.15, 0.2) is 18.2 Å². The van der Waals surface area contributed by atoms with Crippen molar-refractivity contribution in [2.75, 3.05) is 19.6 Å². The molecular formula is C18H28N2O. The molecule has 1 aliphatic heterocycles. The molecule has 3 nitrogen and oxygen atoms in total. The molecule has 2 unspecified atom stereocenters. The van der Waals surface area contributed by atoms with Gasteiger partial charge in [-0.1, -0.05) is 38.5 Å². The summed E-state index contributed by atoms with van der Waals surface area (Å²) >= 11 is 0. The van der Waals surface area contributed by atoms with Crippen molar-refractivity contribution in [1.29, 1.82) is 0 Å². The maximum absolute atomic E-state index is 12.1. The van der Waals surface area contributed by atoms with Gasteiger partial charge in [0.25, 0.3) is 0 Å². The van der Waals surface area contributed by atoms with Crippen LogP contribution in [0.4, 0.5) is 0 Å². The van der Waals surface area contributed by atoms with E-state index in [2.05, 4.69) is 51.2 Å². The van der Waals surface area contributed by atoms with Gasteiger partial charge >= 0.3 is 0 Å². The van der Waals surface area contributed by atoms with E-state index in [4.69, 9.17) is 0 Å². The maximum atomic E-state index is 12.1. The monoisotopic (exact) mass is 288 g/mol. The van der Waals surface area contributed by atoms with Gasteiger partial charge < -0.3 is 10.2 Å². The van der Waals surface area contributed by atoms with Crippen LogP contribution < -0.4 is 5.32 Å². The van der Waals surface area contributed by atoms with E-state index in [1.165, 1.54) is 16.7 Å². The minimum atomic E-state index is 0.230. The van der Waals surface area contributed by atoms with Crippen LogP contribution in [0.5, 0.6) is 0 Å². The van der Waals surface area contributed by atoms with E-state index in [1.54, 1.807) is 0 Å². The number of carbonyl (C=O) groups excluding carboxylic acids is 1. The third-order valence-electron chi connectivity index (χ3n) is 4.66. The molecule has 0 aromatic heterocycles. The zero-order chi connectivity index (χ0) is 15.4. The maximum Gasteiger partial charge on any atom is 0.222 e. The van der Waals surface area contributed by atoms with Gasteiger partial charge in [-0.2, -0.15) is 0 Å². The van der Waals surface area contributed by atoms with Gasteiger partial charge in [-0.25, -0.2) is 0 Å². The summed E-state index contributed by atoms with van der Waals surface area (Å²) in [6, 6.07) is 6.85. The lowest BCUT2D eigenvalue weighted by atomic mass is 10.0. The predicted molar refractivity (Wildman–Crippen MR) is 87.3 cm³/mol. The van der Waals surface area contributed by atoms with Gasteiger partial charge in [0.05, 0.1) is 0 Å². The Morgan fingerprint density at radius 1 is 1.29 bits per heavy atom. The Hall–Kier alpha value is -1.35. The highest BCUT2D eigenvalue weighted by molar-refractivity contribution is 5.78. The summed E-state index contributed by atoms with van der Waals surface area (Å²) < 4.78 is 0. The van der Waals surface area contributed by atoms with Crippen molar-refractivity contribution in [2.45, 2.75) is 46.6 Å². The van der Waals surface area contributed by atoms with Gasteiger partial charge in [-0.15, -0.1) is 0 Å². The lowest BCUT2D eigenvalue weighted by Gasteiger charge is -2.25. The third kappa shape index (κ3) is 3.85. The van der Waals surface area contributed by atoms with Crippen molar-refractivity contribution in [2.24, 2.45) is 5.92 Å². The summed E-state index contributed by atoms with van der Waals surface area (Å²) in [5.41, 5.74) is 3.92. The number of nitrogens with one attached hydrogen (secondary N) is 1. The molecule has 1 heterocycles. The van der Waals surface area contributed by atoms with Gasteiger partial charge in [0.15, 0.2) is 0 Å². The fourth-order valence-electron chi connectivity index (χ4n) is 3.04. The molecule has 1 amide bonds. The summed E-state index contributed by atoms with van der Waals surface area (Å²) in [7, 11) is 0. The van der Waals surface area contributed by atoms with E-state index in [0.717, 1.165) is 32.5 Å². The first-order valence-corrected chi connectivity index (χ1v) is 8.13. The Bertz CT molecular complexity index is 498. The summed E-state index contributed by atoms with van der Waals surface area (Å²) in [5, 5.41) is 3.53. The van der Waals surface area contributed by atoms with Crippen LogP contribution >= 0.6 is 0 Å². The van der Waals surface area contributed by atoms with Crippen LogP contribution in [-0.2, 0) is 4.79 Å². The molecule has 3 heteroatoms. The molecule has 2 atom stereocenters. The van der Waals surface area contributed by atoms with Crippen molar-refractivity contribution >= 4 is 5.91 Å². The molecular weight excluding hydrogens is 260 g/mol. The molecule has 0 radical (unpaired) electrons. The van der Waals surface area contributed by atoms with Gasteiger partial charge in [-0.3, -0.25) is 4.79 Å². The van der Waals surface area contributed by atoms with Gasteiger partial charge in [0.1, 0.15) is 0 Å². The Balaban J connectivity index is 2.12. The van der Waals surface area contributed by atoms with Crippen LogP contribution in [0.2, 0.25) is 0 Å². The fourth-order valence-corrected chi connectivity index (χ4v) is 3.04. The van der Waals surface area contributed by atoms with Crippen molar-refractivity contribution < 1.29 is 4.79 Å². The summed E-state index contributed by atoms with van der Waals surface area (Å²) in [4.78, 5) is 14.2. The number of rotatable bonds is 6. The molecule has 1 saturated heterocycles. The first kappa shape index (κ1) is 16.0. The Morgan fingerprint density at radius 2 is 2.05 bits per heavy atom. The van der Waals surface area contributed by atoms with Crippen molar-refractivity contribution in [3.05, 3.63) is 34.9 Å². The van der Waals surface area contributed by atoms with E-state index < -0.39 is 0 Å². The number of carbonyl (C=O) groups is 1. The van der Waals surface area contributed by atoms with E-state index in [9.17, 15) is 4.79 Å². The second kappa shape index (κ2) is 7.08. The molecule has 0 aliphatic carbocycles. The fraction of sp³-hybridized carbons (Fsp3) is 0.611. The number of hydrogen-bond donors (Lipinski definition) is 1. The first-order chi connectivity index (χ1) is 10.0. The molecule has 1 N–H and O–H groups in total. The molecule has 21 heavy (non-hydrogen) atoms. The number of hydrogen-bond acceptors (Lipinski definition) is 2. The van der Waals surface area contributed by atoms with E-state index >= 15 is 0 Å². The first-order valence-electron chi connectivity index (χ1n) is 8.13. The zero-order valence-electron chi connectivity index (χ0n) is 13.8. The van der Waals surface area contributed by atoms with Crippen LogP contribution in [-0.4, -0.2) is 30.4 Å². The molecule has 1 aromatic rings. The molecule has 1 aromatic carbocycles. The van der Waals surface area contributed by atoms with Crippen molar-refractivity contribution in [3.63, 3.8) is 0 Å². The predicted octanol–water partition coefficient (Wildman–Crippen LogP) is 3.21. The van der Waals surface area contributed by atoms with Crippen LogP contribution in [0.1, 0.15) is 49.4 Å². The second-order valence-corrected chi connectivity index (χ2v) is 6.23. The van der Waals surface area contributed by atoms with Gasteiger partial charge in [-0.05, 0) is 43.0 Å². The summed E-state index contributed by atoms with van der Waals surface area (Å²) in [6.45, 7) is 11.2. The van der Waals surface area contributed by atoms with Gasteiger partial charge in [0, 0.05) is 25.6 Å². The number of likely N-dealkylation sites (tertiary alicyclic amines) is 1. The van der Waals surface area contributed by atoms with E-state index in [-0.39, 0.29) is 6.04 Å². The molecule has 2 rings (SSSR count). The smallest absolute Gasteiger partial charge is 0.222 e. The molecule has 116 valence electrons. The van der Waals surface area contributed by atoms with Crippen LogP contribution in [0, 0.1) is 19.8 Å². The lowest BCUT2D eigenvalue weighted by molar-refractivity contribution is -0.128. The molecule has 1 fully saturated rings. The number of aryl methyl sites for hydroxylation is 2. The number of benzene rings is 1. The quantitative estimate of drug-likeness (QED) is 0.871. The number of amides is 1. The minimum Gasteiger partial charge on any atom is -0.340 e. The van der Waals surface area contributed by atoms with Crippen LogP contribution in [0.25, 0.3) is 0 Å². The minimum absolute atomic E-state index is 0.230. The van der Waals surface area contributed by atoms with E-state index in [1.807, 2.05) is 4.90 Å². The third-order valence-corrected chi connectivity index (χ3v) is 4.66. The van der Waals surface area contributed by atoms with Gasteiger partial charge in [0.2, 0.25) is 5.91 Å².